The largest absolute Gasteiger partial charge is 0.378 e. The van der Waals surface area contributed by atoms with Crippen molar-refractivity contribution in [2.75, 3.05) is 38.0 Å². The maximum atomic E-state index is 13.3. The fourth-order valence-corrected chi connectivity index (χ4v) is 7.06. The summed E-state index contributed by atoms with van der Waals surface area (Å²) < 4.78 is 0. The monoisotopic (exact) mass is 415 g/mol. The zero-order valence-corrected chi connectivity index (χ0v) is 18.5. The standard InChI is InChI=1S/C27H33N3O/c1-2-29-12-14-30(15-13-29)27(31)21-10-11-23-22(17-21)24-19-8-9-20(16-19)25(24)26(28-23)18-6-4-3-5-7-18/h3-7,10-11,17,19-20,24-26,28H,2,8-9,12-16H2,1H3/t19-,20-,24-,25+,26-/m0/s1. The highest BCUT2D eigenvalue weighted by Crippen LogP contribution is 2.63. The van der Waals surface area contributed by atoms with Crippen LogP contribution in [0.3, 0.4) is 0 Å². The van der Waals surface area contributed by atoms with E-state index in [1.165, 1.54) is 36.1 Å². The van der Waals surface area contributed by atoms with Crippen molar-refractivity contribution in [2.24, 2.45) is 17.8 Å². The van der Waals surface area contributed by atoms with E-state index in [1.54, 1.807) is 0 Å². The van der Waals surface area contributed by atoms with E-state index in [0.717, 1.165) is 50.1 Å². The number of fused-ring (bicyclic) bond motifs is 7. The number of nitrogens with zero attached hydrogens (tertiary/aromatic N) is 2. The molecule has 2 aliphatic heterocycles. The molecular formula is C27H33N3O. The second kappa shape index (κ2) is 7.67. The maximum Gasteiger partial charge on any atom is 0.253 e. The quantitative estimate of drug-likeness (QED) is 0.785. The number of piperazine rings is 1. The molecule has 5 atom stereocenters. The van der Waals surface area contributed by atoms with Crippen LogP contribution in [0.4, 0.5) is 5.69 Å². The molecule has 1 saturated heterocycles. The van der Waals surface area contributed by atoms with E-state index in [9.17, 15) is 4.79 Å². The van der Waals surface area contributed by atoms with Gasteiger partial charge in [0, 0.05) is 37.4 Å². The number of nitrogens with one attached hydrogen (secondary N) is 1. The Hall–Kier alpha value is -2.33. The fraction of sp³-hybridized carbons (Fsp3) is 0.519. The van der Waals surface area contributed by atoms with Gasteiger partial charge in [-0.1, -0.05) is 37.3 Å². The maximum absolute atomic E-state index is 13.3. The minimum absolute atomic E-state index is 0.212. The van der Waals surface area contributed by atoms with Gasteiger partial charge in [-0.05, 0) is 78.8 Å². The van der Waals surface area contributed by atoms with Crippen LogP contribution in [0.2, 0.25) is 0 Å². The Morgan fingerprint density at radius 3 is 2.55 bits per heavy atom. The third-order valence-electron chi connectivity index (χ3n) is 8.60. The Morgan fingerprint density at radius 2 is 1.77 bits per heavy atom. The van der Waals surface area contributed by atoms with Crippen LogP contribution in [-0.2, 0) is 0 Å². The number of carbonyl (C=O) groups is 1. The van der Waals surface area contributed by atoms with Crippen molar-refractivity contribution in [1.29, 1.82) is 0 Å². The van der Waals surface area contributed by atoms with E-state index in [0.29, 0.717) is 17.9 Å². The summed E-state index contributed by atoms with van der Waals surface area (Å²) in [5, 5.41) is 3.90. The number of hydrogen-bond donors (Lipinski definition) is 1. The van der Waals surface area contributed by atoms with E-state index in [2.05, 4.69) is 70.6 Å². The average Bonchev–Trinajstić information content (AvgIpc) is 3.46. The molecule has 4 aliphatic rings. The fourth-order valence-electron chi connectivity index (χ4n) is 7.06. The van der Waals surface area contributed by atoms with Crippen LogP contribution >= 0.6 is 0 Å². The first-order chi connectivity index (χ1) is 15.2. The second-order valence-corrected chi connectivity index (χ2v) is 10.00. The summed E-state index contributed by atoms with van der Waals surface area (Å²) >= 11 is 0. The number of carbonyl (C=O) groups excluding carboxylic acids is 1. The lowest BCUT2D eigenvalue weighted by Gasteiger charge is -2.43. The summed E-state index contributed by atoms with van der Waals surface area (Å²) in [4.78, 5) is 17.8. The molecule has 0 spiro atoms. The van der Waals surface area contributed by atoms with Crippen molar-refractivity contribution in [3.05, 3.63) is 65.2 Å². The summed E-state index contributed by atoms with van der Waals surface area (Å²) in [5.41, 5.74) is 4.94. The average molecular weight is 416 g/mol. The minimum atomic E-state index is 0.212. The van der Waals surface area contributed by atoms with E-state index in [4.69, 9.17) is 0 Å². The van der Waals surface area contributed by atoms with Gasteiger partial charge in [0.2, 0.25) is 0 Å². The molecule has 1 amide bonds. The third kappa shape index (κ3) is 3.18. The highest BCUT2D eigenvalue weighted by molar-refractivity contribution is 5.95. The normalized spacial score (nSPS) is 31.8. The summed E-state index contributed by atoms with van der Waals surface area (Å²) in [6.07, 6.45) is 4.08. The van der Waals surface area contributed by atoms with E-state index < -0.39 is 0 Å². The topological polar surface area (TPSA) is 35.6 Å². The summed E-state index contributed by atoms with van der Waals surface area (Å²) in [6, 6.07) is 17.9. The Balaban J connectivity index is 1.32. The van der Waals surface area contributed by atoms with Gasteiger partial charge in [0.1, 0.15) is 0 Å². The Morgan fingerprint density at radius 1 is 1.00 bits per heavy atom. The van der Waals surface area contributed by atoms with Gasteiger partial charge in [0.25, 0.3) is 5.91 Å². The van der Waals surface area contributed by atoms with Gasteiger partial charge in [-0.3, -0.25) is 4.79 Å². The molecule has 6 rings (SSSR count). The molecule has 2 bridgehead atoms. The molecule has 3 fully saturated rings. The van der Waals surface area contributed by atoms with Crippen LogP contribution in [0.25, 0.3) is 0 Å². The number of benzene rings is 2. The second-order valence-electron chi connectivity index (χ2n) is 10.00. The number of rotatable bonds is 3. The lowest BCUT2D eigenvalue weighted by atomic mass is 9.68. The van der Waals surface area contributed by atoms with E-state index in [-0.39, 0.29) is 5.91 Å². The van der Waals surface area contributed by atoms with Gasteiger partial charge in [0.15, 0.2) is 0 Å². The summed E-state index contributed by atoms with van der Waals surface area (Å²) in [5.74, 6) is 3.03. The molecule has 1 N–H and O–H groups in total. The van der Waals surface area contributed by atoms with Gasteiger partial charge < -0.3 is 15.1 Å². The van der Waals surface area contributed by atoms with Crippen molar-refractivity contribution in [3.8, 4) is 0 Å². The molecular weight excluding hydrogens is 382 g/mol. The third-order valence-corrected chi connectivity index (χ3v) is 8.60. The number of likely N-dealkylation sites (N-methyl/N-ethyl adjacent to an activating group) is 1. The van der Waals surface area contributed by atoms with Gasteiger partial charge in [0.05, 0.1) is 6.04 Å². The van der Waals surface area contributed by atoms with Crippen LogP contribution < -0.4 is 5.32 Å². The molecule has 4 nitrogen and oxygen atoms in total. The van der Waals surface area contributed by atoms with E-state index >= 15 is 0 Å². The highest BCUT2D eigenvalue weighted by atomic mass is 16.2. The number of anilines is 1. The summed E-state index contributed by atoms with van der Waals surface area (Å²) in [7, 11) is 0. The van der Waals surface area contributed by atoms with Crippen molar-refractivity contribution in [1.82, 2.24) is 9.80 Å². The Kier molecular flexibility index (Phi) is 4.79. The molecule has 0 unspecified atom stereocenters. The zero-order chi connectivity index (χ0) is 20.9. The highest BCUT2D eigenvalue weighted by Gasteiger charge is 2.53. The van der Waals surface area contributed by atoms with Crippen molar-refractivity contribution < 1.29 is 4.79 Å². The van der Waals surface area contributed by atoms with Gasteiger partial charge in [-0.25, -0.2) is 0 Å². The molecule has 2 saturated carbocycles. The summed E-state index contributed by atoms with van der Waals surface area (Å²) in [6.45, 7) is 6.93. The zero-order valence-electron chi connectivity index (χ0n) is 18.5. The smallest absolute Gasteiger partial charge is 0.253 e. The molecule has 0 radical (unpaired) electrons. The molecule has 2 aromatic rings. The predicted molar refractivity (Wildman–Crippen MR) is 124 cm³/mol. The van der Waals surface area contributed by atoms with E-state index in [1.807, 2.05) is 0 Å². The molecule has 31 heavy (non-hydrogen) atoms. The Labute approximate surface area is 185 Å². The number of amides is 1. The molecule has 0 aromatic heterocycles. The van der Waals surface area contributed by atoms with Gasteiger partial charge in [-0.15, -0.1) is 0 Å². The molecule has 162 valence electrons. The van der Waals surface area contributed by atoms with Crippen LogP contribution in [-0.4, -0.2) is 48.4 Å². The van der Waals surface area contributed by atoms with Crippen molar-refractivity contribution in [2.45, 2.75) is 38.1 Å². The first-order valence-electron chi connectivity index (χ1n) is 12.2. The predicted octanol–water partition coefficient (Wildman–Crippen LogP) is 4.76. The molecule has 4 heteroatoms. The van der Waals surface area contributed by atoms with Gasteiger partial charge in [-0.2, -0.15) is 0 Å². The van der Waals surface area contributed by atoms with Crippen LogP contribution in [0, 0.1) is 17.8 Å². The first-order valence-corrected chi connectivity index (χ1v) is 12.2. The molecule has 2 heterocycles. The van der Waals surface area contributed by atoms with Crippen molar-refractivity contribution in [3.63, 3.8) is 0 Å². The SMILES string of the molecule is CCN1CCN(C(=O)c2ccc3c(c2)[C@@H]2[C@H]4CC[C@@H](C4)[C@H]2[C@H](c2ccccc2)N3)CC1. The van der Waals surface area contributed by atoms with Crippen LogP contribution in [0.5, 0.6) is 0 Å². The minimum Gasteiger partial charge on any atom is -0.378 e. The lowest BCUT2D eigenvalue weighted by molar-refractivity contribution is 0.0643. The van der Waals surface area contributed by atoms with Crippen LogP contribution in [0.15, 0.2) is 48.5 Å². The molecule has 2 aliphatic carbocycles. The first kappa shape index (κ1) is 19.4. The Bertz CT molecular complexity index is 966. The van der Waals surface area contributed by atoms with Crippen LogP contribution in [0.1, 0.15) is 59.6 Å². The number of hydrogen-bond acceptors (Lipinski definition) is 3. The molecule has 2 aromatic carbocycles. The van der Waals surface area contributed by atoms with Crippen molar-refractivity contribution >= 4 is 11.6 Å². The van der Waals surface area contributed by atoms with Gasteiger partial charge >= 0.3 is 0 Å². The lowest BCUT2D eigenvalue weighted by Crippen LogP contribution is -2.48.